The molecular weight excluding hydrogens is 164 g/mol. The van der Waals surface area contributed by atoms with Gasteiger partial charge in [0.15, 0.2) is 6.29 Å². The molecule has 0 bridgehead atoms. The van der Waals surface area contributed by atoms with Crippen molar-refractivity contribution in [3.8, 4) is 0 Å². The van der Waals surface area contributed by atoms with Gasteiger partial charge in [0, 0.05) is 13.0 Å². The second-order valence-electron chi connectivity index (χ2n) is 3.87. The fourth-order valence-electron chi connectivity index (χ4n) is 1.97. The molecule has 2 heterocycles. The Balaban J connectivity index is 2.48. The Labute approximate surface area is 77.8 Å². The van der Waals surface area contributed by atoms with E-state index in [1.54, 1.807) is 0 Å². The molecule has 70 valence electrons. The van der Waals surface area contributed by atoms with Gasteiger partial charge >= 0.3 is 0 Å². The van der Waals surface area contributed by atoms with Crippen LogP contribution in [0.5, 0.6) is 0 Å². The molecule has 0 fully saturated rings. The molecule has 0 aliphatic carbocycles. The van der Waals surface area contributed by atoms with E-state index in [9.17, 15) is 4.79 Å². The Bertz CT molecular complexity index is 341. The SMILES string of the molecule is Cc1nc2n(c1C=O)CC(C)CC2. The molecule has 0 saturated carbocycles. The van der Waals surface area contributed by atoms with Crippen LogP contribution in [-0.2, 0) is 13.0 Å². The topological polar surface area (TPSA) is 34.9 Å². The fraction of sp³-hybridized carbons (Fsp3) is 0.600. The number of aldehydes is 1. The summed E-state index contributed by atoms with van der Waals surface area (Å²) < 4.78 is 2.07. The molecule has 1 aromatic heterocycles. The van der Waals surface area contributed by atoms with Gasteiger partial charge in [0.05, 0.1) is 5.69 Å². The molecule has 1 unspecified atom stereocenters. The van der Waals surface area contributed by atoms with Gasteiger partial charge in [-0.25, -0.2) is 4.98 Å². The van der Waals surface area contributed by atoms with Crippen LogP contribution < -0.4 is 0 Å². The number of nitrogens with zero attached hydrogens (tertiary/aromatic N) is 2. The predicted octanol–water partition coefficient (Wildman–Crippen LogP) is 1.59. The van der Waals surface area contributed by atoms with Crippen molar-refractivity contribution < 1.29 is 4.79 Å². The molecular formula is C10H14N2O. The Hall–Kier alpha value is -1.12. The van der Waals surface area contributed by atoms with E-state index in [0.29, 0.717) is 5.92 Å². The van der Waals surface area contributed by atoms with E-state index in [1.165, 1.54) is 6.42 Å². The molecule has 2 rings (SSSR count). The van der Waals surface area contributed by atoms with Crippen molar-refractivity contribution in [3.63, 3.8) is 0 Å². The zero-order valence-electron chi connectivity index (χ0n) is 8.08. The summed E-state index contributed by atoms with van der Waals surface area (Å²) in [6.45, 7) is 5.07. The average molecular weight is 178 g/mol. The molecule has 0 N–H and O–H groups in total. The first-order valence-electron chi connectivity index (χ1n) is 4.73. The zero-order valence-corrected chi connectivity index (χ0v) is 8.08. The van der Waals surface area contributed by atoms with Gasteiger partial charge in [-0.3, -0.25) is 4.79 Å². The van der Waals surface area contributed by atoms with Crippen LogP contribution in [0, 0.1) is 12.8 Å². The number of hydrogen-bond acceptors (Lipinski definition) is 2. The standard InChI is InChI=1S/C10H14N2O/c1-7-3-4-10-11-8(2)9(6-13)12(10)5-7/h6-7H,3-5H2,1-2H3. The molecule has 13 heavy (non-hydrogen) atoms. The lowest BCUT2D eigenvalue weighted by Crippen LogP contribution is -2.19. The number of fused-ring (bicyclic) bond motifs is 1. The minimum absolute atomic E-state index is 0.666. The number of carbonyl (C=O) groups excluding carboxylic acids is 1. The van der Waals surface area contributed by atoms with Gasteiger partial charge in [0.25, 0.3) is 0 Å². The van der Waals surface area contributed by atoms with E-state index >= 15 is 0 Å². The highest BCUT2D eigenvalue weighted by Crippen LogP contribution is 2.21. The van der Waals surface area contributed by atoms with Crippen LogP contribution >= 0.6 is 0 Å². The molecule has 0 amide bonds. The van der Waals surface area contributed by atoms with Crippen LogP contribution in [0.2, 0.25) is 0 Å². The van der Waals surface area contributed by atoms with Crippen molar-refractivity contribution in [2.75, 3.05) is 0 Å². The molecule has 3 nitrogen and oxygen atoms in total. The highest BCUT2D eigenvalue weighted by molar-refractivity contribution is 5.74. The number of rotatable bonds is 1. The molecule has 0 radical (unpaired) electrons. The number of imidazole rings is 1. The second-order valence-corrected chi connectivity index (χ2v) is 3.87. The van der Waals surface area contributed by atoms with Crippen LogP contribution in [0.1, 0.15) is 35.4 Å². The largest absolute Gasteiger partial charge is 0.325 e. The first kappa shape index (κ1) is 8.48. The van der Waals surface area contributed by atoms with Crippen molar-refractivity contribution in [1.29, 1.82) is 0 Å². The van der Waals surface area contributed by atoms with Gasteiger partial charge in [0.2, 0.25) is 0 Å². The lowest BCUT2D eigenvalue weighted by atomic mass is 10.0. The first-order chi connectivity index (χ1) is 6.22. The molecule has 1 aliphatic rings. The third kappa shape index (κ3) is 1.28. The van der Waals surface area contributed by atoms with Gasteiger partial charge in [-0.2, -0.15) is 0 Å². The maximum absolute atomic E-state index is 10.8. The minimum Gasteiger partial charge on any atom is -0.325 e. The van der Waals surface area contributed by atoms with Gasteiger partial charge < -0.3 is 4.57 Å². The summed E-state index contributed by atoms with van der Waals surface area (Å²) >= 11 is 0. The van der Waals surface area contributed by atoms with Crippen molar-refractivity contribution in [3.05, 3.63) is 17.2 Å². The van der Waals surface area contributed by atoms with Crippen molar-refractivity contribution >= 4 is 6.29 Å². The maximum Gasteiger partial charge on any atom is 0.168 e. The summed E-state index contributed by atoms with van der Waals surface area (Å²) in [7, 11) is 0. The van der Waals surface area contributed by atoms with Crippen LogP contribution in [0.25, 0.3) is 0 Å². The molecule has 1 aliphatic heterocycles. The van der Waals surface area contributed by atoms with E-state index in [-0.39, 0.29) is 0 Å². The lowest BCUT2D eigenvalue weighted by molar-refractivity contribution is 0.111. The van der Waals surface area contributed by atoms with Gasteiger partial charge in [-0.05, 0) is 19.3 Å². The summed E-state index contributed by atoms with van der Waals surface area (Å²) in [6.07, 6.45) is 3.12. The lowest BCUT2D eigenvalue weighted by Gasteiger charge is -2.20. The summed E-state index contributed by atoms with van der Waals surface area (Å²) in [4.78, 5) is 15.2. The summed E-state index contributed by atoms with van der Waals surface area (Å²) in [5.74, 6) is 1.75. The van der Waals surface area contributed by atoms with Gasteiger partial charge in [-0.1, -0.05) is 6.92 Å². The zero-order chi connectivity index (χ0) is 9.42. The van der Waals surface area contributed by atoms with E-state index < -0.39 is 0 Å². The molecule has 3 heteroatoms. The Morgan fingerprint density at radius 1 is 1.62 bits per heavy atom. The normalized spacial score (nSPS) is 21.2. The number of aromatic nitrogens is 2. The van der Waals surface area contributed by atoms with Crippen LogP contribution in [-0.4, -0.2) is 15.8 Å². The van der Waals surface area contributed by atoms with E-state index in [0.717, 1.165) is 36.5 Å². The molecule has 0 aromatic carbocycles. The van der Waals surface area contributed by atoms with E-state index in [1.807, 2.05) is 6.92 Å². The average Bonchev–Trinajstić information content (AvgIpc) is 2.40. The Morgan fingerprint density at radius 2 is 2.38 bits per heavy atom. The maximum atomic E-state index is 10.8. The van der Waals surface area contributed by atoms with Crippen molar-refractivity contribution in [1.82, 2.24) is 9.55 Å². The van der Waals surface area contributed by atoms with Gasteiger partial charge in [-0.15, -0.1) is 0 Å². The fourth-order valence-corrected chi connectivity index (χ4v) is 1.97. The van der Waals surface area contributed by atoms with Crippen molar-refractivity contribution in [2.45, 2.75) is 33.2 Å². The Morgan fingerprint density at radius 3 is 3.08 bits per heavy atom. The van der Waals surface area contributed by atoms with Crippen LogP contribution in [0.15, 0.2) is 0 Å². The quantitative estimate of drug-likeness (QED) is 0.612. The third-order valence-corrected chi connectivity index (χ3v) is 2.74. The molecule has 1 atom stereocenters. The third-order valence-electron chi connectivity index (χ3n) is 2.74. The summed E-state index contributed by atoms with van der Waals surface area (Å²) in [5, 5.41) is 0. The first-order valence-corrected chi connectivity index (χ1v) is 4.73. The Kier molecular flexibility index (Phi) is 1.94. The molecule has 0 saturated heterocycles. The molecule has 0 spiro atoms. The van der Waals surface area contributed by atoms with Gasteiger partial charge in [0.1, 0.15) is 11.5 Å². The summed E-state index contributed by atoms with van der Waals surface area (Å²) in [6, 6.07) is 0. The smallest absolute Gasteiger partial charge is 0.168 e. The van der Waals surface area contributed by atoms with Crippen molar-refractivity contribution in [2.24, 2.45) is 5.92 Å². The number of hydrogen-bond donors (Lipinski definition) is 0. The highest BCUT2D eigenvalue weighted by atomic mass is 16.1. The minimum atomic E-state index is 0.666. The van der Waals surface area contributed by atoms with Crippen LogP contribution in [0.3, 0.4) is 0 Å². The highest BCUT2D eigenvalue weighted by Gasteiger charge is 2.20. The van der Waals surface area contributed by atoms with E-state index in [2.05, 4.69) is 16.5 Å². The summed E-state index contributed by atoms with van der Waals surface area (Å²) in [5.41, 5.74) is 1.64. The number of aryl methyl sites for hydroxylation is 2. The monoisotopic (exact) mass is 178 g/mol. The number of carbonyl (C=O) groups is 1. The second kappa shape index (κ2) is 2.98. The van der Waals surface area contributed by atoms with E-state index in [4.69, 9.17) is 0 Å². The predicted molar refractivity (Wildman–Crippen MR) is 49.8 cm³/mol. The van der Waals surface area contributed by atoms with Crippen LogP contribution in [0.4, 0.5) is 0 Å². The molecule has 1 aromatic rings.